The van der Waals surface area contributed by atoms with E-state index in [2.05, 4.69) is 5.32 Å². The van der Waals surface area contributed by atoms with Crippen LogP contribution >= 0.6 is 0 Å². The Morgan fingerprint density at radius 1 is 1.50 bits per heavy atom. The Balaban J connectivity index is 2.55. The van der Waals surface area contributed by atoms with E-state index in [0.29, 0.717) is 19.7 Å². The van der Waals surface area contributed by atoms with E-state index in [1.165, 1.54) is 0 Å². The van der Waals surface area contributed by atoms with Crippen molar-refractivity contribution >= 4 is 12.0 Å². The normalized spacial score (nSPS) is 21.3. The van der Waals surface area contributed by atoms with Crippen LogP contribution in [0.3, 0.4) is 0 Å². The van der Waals surface area contributed by atoms with Gasteiger partial charge in [-0.05, 0) is 27.2 Å². The highest BCUT2D eigenvalue weighted by Gasteiger charge is 2.27. The standard InChI is InChI=1S/C12H22N2O4/c1-9-8-14(5-4-6-18-9)11(17)13-12(2,3)7-10(15)16/h9H,4-8H2,1-3H3,(H,13,17)(H,15,16). The molecule has 0 saturated carbocycles. The molecule has 1 aliphatic rings. The lowest BCUT2D eigenvalue weighted by Crippen LogP contribution is -2.52. The van der Waals surface area contributed by atoms with Crippen molar-refractivity contribution in [3.8, 4) is 0 Å². The summed E-state index contributed by atoms with van der Waals surface area (Å²) in [6.07, 6.45) is 0.719. The smallest absolute Gasteiger partial charge is 0.317 e. The molecular formula is C12H22N2O4. The van der Waals surface area contributed by atoms with Crippen molar-refractivity contribution in [1.29, 1.82) is 0 Å². The fourth-order valence-corrected chi connectivity index (χ4v) is 1.97. The molecule has 2 N–H and O–H groups in total. The number of carboxylic acid groups (broad SMARTS) is 1. The minimum absolute atomic E-state index is 0.0147. The van der Waals surface area contributed by atoms with Crippen molar-refractivity contribution in [1.82, 2.24) is 10.2 Å². The fraction of sp³-hybridized carbons (Fsp3) is 0.833. The number of amides is 2. The maximum atomic E-state index is 12.1. The summed E-state index contributed by atoms with van der Waals surface area (Å²) < 4.78 is 5.46. The molecule has 1 heterocycles. The average molecular weight is 258 g/mol. The first-order valence-electron chi connectivity index (χ1n) is 6.21. The molecule has 0 aromatic heterocycles. The summed E-state index contributed by atoms with van der Waals surface area (Å²) >= 11 is 0. The van der Waals surface area contributed by atoms with Gasteiger partial charge >= 0.3 is 12.0 Å². The van der Waals surface area contributed by atoms with E-state index >= 15 is 0 Å². The van der Waals surface area contributed by atoms with Crippen LogP contribution in [0.1, 0.15) is 33.6 Å². The number of carbonyl (C=O) groups excluding carboxylic acids is 1. The molecule has 0 aromatic rings. The predicted octanol–water partition coefficient (Wildman–Crippen LogP) is 1.06. The van der Waals surface area contributed by atoms with Gasteiger partial charge in [0.25, 0.3) is 0 Å². The van der Waals surface area contributed by atoms with E-state index in [1.807, 2.05) is 6.92 Å². The minimum Gasteiger partial charge on any atom is -0.481 e. The van der Waals surface area contributed by atoms with E-state index < -0.39 is 11.5 Å². The highest BCUT2D eigenvalue weighted by atomic mass is 16.5. The maximum absolute atomic E-state index is 12.1. The quantitative estimate of drug-likeness (QED) is 0.793. The van der Waals surface area contributed by atoms with Crippen molar-refractivity contribution in [2.75, 3.05) is 19.7 Å². The molecule has 0 radical (unpaired) electrons. The monoisotopic (exact) mass is 258 g/mol. The van der Waals surface area contributed by atoms with Crippen molar-refractivity contribution in [3.63, 3.8) is 0 Å². The van der Waals surface area contributed by atoms with Crippen LogP contribution < -0.4 is 5.32 Å². The molecule has 0 aromatic carbocycles. The van der Waals surface area contributed by atoms with Gasteiger partial charge in [0, 0.05) is 25.2 Å². The number of rotatable bonds is 3. The maximum Gasteiger partial charge on any atom is 0.317 e. The molecule has 18 heavy (non-hydrogen) atoms. The third-order valence-electron chi connectivity index (χ3n) is 2.78. The van der Waals surface area contributed by atoms with Crippen molar-refractivity contribution < 1.29 is 19.4 Å². The number of hydrogen-bond donors (Lipinski definition) is 2. The number of nitrogens with one attached hydrogen (secondary N) is 1. The van der Waals surface area contributed by atoms with Crippen molar-refractivity contribution in [3.05, 3.63) is 0 Å². The summed E-state index contributed by atoms with van der Waals surface area (Å²) in [7, 11) is 0. The number of ether oxygens (including phenoxy) is 1. The fourth-order valence-electron chi connectivity index (χ4n) is 1.97. The van der Waals surface area contributed by atoms with Crippen LogP contribution in [0.15, 0.2) is 0 Å². The highest BCUT2D eigenvalue weighted by Crippen LogP contribution is 2.11. The highest BCUT2D eigenvalue weighted by molar-refractivity contribution is 5.76. The van der Waals surface area contributed by atoms with E-state index in [0.717, 1.165) is 6.42 Å². The Labute approximate surface area is 107 Å². The van der Waals surface area contributed by atoms with Gasteiger partial charge in [-0.2, -0.15) is 0 Å². The number of hydrogen-bond acceptors (Lipinski definition) is 3. The van der Waals surface area contributed by atoms with Gasteiger partial charge in [-0.3, -0.25) is 4.79 Å². The molecule has 1 fully saturated rings. The molecule has 1 unspecified atom stereocenters. The van der Waals surface area contributed by atoms with Gasteiger partial charge in [0.05, 0.1) is 12.5 Å². The third-order valence-corrected chi connectivity index (χ3v) is 2.78. The zero-order chi connectivity index (χ0) is 13.8. The zero-order valence-corrected chi connectivity index (χ0v) is 11.2. The predicted molar refractivity (Wildman–Crippen MR) is 66.5 cm³/mol. The molecule has 1 rings (SSSR count). The van der Waals surface area contributed by atoms with Gasteiger partial charge < -0.3 is 20.1 Å². The number of urea groups is 1. The molecule has 0 bridgehead atoms. The van der Waals surface area contributed by atoms with Gasteiger partial charge in [-0.1, -0.05) is 0 Å². The molecule has 1 atom stereocenters. The largest absolute Gasteiger partial charge is 0.481 e. The minimum atomic E-state index is -0.923. The number of carbonyl (C=O) groups is 2. The summed E-state index contributed by atoms with van der Waals surface area (Å²) in [5, 5.41) is 11.5. The van der Waals surface area contributed by atoms with Gasteiger partial charge in [0.2, 0.25) is 0 Å². The molecular weight excluding hydrogens is 236 g/mol. The molecule has 0 spiro atoms. The van der Waals surface area contributed by atoms with Gasteiger partial charge in [-0.25, -0.2) is 4.79 Å². The van der Waals surface area contributed by atoms with Crippen LogP contribution in [0.2, 0.25) is 0 Å². The lowest BCUT2D eigenvalue weighted by atomic mass is 10.0. The second-order valence-electron chi connectivity index (χ2n) is 5.37. The van der Waals surface area contributed by atoms with E-state index in [1.54, 1.807) is 18.7 Å². The molecule has 1 aliphatic heterocycles. The molecule has 6 heteroatoms. The first-order valence-corrected chi connectivity index (χ1v) is 6.21. The topological polar surface area (TPSA) is 78.9 Å². The molecule has 1 saturated heterocycles. The molecule has 104 valence electrons. The first kappa shape index (κ1) is 14.8. The summed E-state index contributed by atoms with van der Waals surface area (Å²) in [5.41, 5.74) is -0.751. The van der Waals surface area contributed by atoms with Crippen LogP contribution in [0.5, 0.6) is 0 Å². The van der Waals surface area contributed by atoms with Crippen molar-refractivity contribution in [2.24, 2.45) is 0 Å². The Kier molecular flexibility index (Phi) is 4.95. The zero-order valence-electron chi connectivity index (χ0n) is 11.2. The summed E-state index contributed by atoms with van der Waals surface area (Å²) in [5.74, 6) is -0.923. The van der Waals surface area contributed by atoms with Crippen molar-refractivity contribution in [2.45, 2.75) is 45.3 Å². The lowest BCUT2D eigenvalue weighted by Gasteiger charge is -2.29. The number of carboxylic acids is 1. The van der Waals surface area contributed by atoms with Crippen LogP contribution in [0.25, 0.3) is 0 Å². The van der Waals surface area contributed by atoms with Gasteiger partial charge in [0.1, 0.15) is 0 Å². The van der Waals surface area contributed by atoms with E-state index in [-0.39, 0.29) is 18.6 Å². The second-order valence-corrected chi connectivity index (χ2v) is 5.37. The summed E-state index contributed by atoms with van der Waals surface area (Å²) in [6.45, 7) is 7.17. The number of nitrogens with zero attached hydrogens (tertiary/aromatic N) is 1. The SMILES string of the molecule is CC1CN(C(=O)NC(C)(C)CC(=O)O)CCCO1. The van der Waals surface area contributed by atoms with Gasteiger partial charge in [-0.15, -0.1) is 0 Å². The summed E-state index contributed by atoms with van der Waals surface area (Å²) in [6, 6.07) is -0.224. The van der Waals surface area contributed by atoms with E-state index in [9.17, 15) is 9.59 Å². The first-order chi connectivity index (χ1) is 8.30. The Bertz CT molecular complexity index is 317. The molecule has 0 aliphatic carbocycles. The Hall–Kier alpha value is -1.30. The average Bonchev–Trinajstić information content (AvgIpc) is 2.39. The number of aliphatic carboxylic acids is 1. The molecule has 2 amide bonds. The van der Waals surface area contributed by atoms with Crippen LogP contribution in [0.4, 0.5) is 4.79 Å². The van der Waals surface area contributed by atoms with Crippen LogP contribution in [0, 0.1) is 0 Å². The van der Waals surface area contributed by atoms with E-state index in [4.69, 9.17) is 9.84 Å². The lowest BCUT2D eigenvalue weighted by molar-refractivity contribution is -0.138. The van der Waals surface area contributed by atoms with Crippen LogP contribution in [-0.2, 0) is 9.53 Å². The third kappa shape index (κ3) is 4.91. The summed E-state index contributed by atoms with van der Waals surface area (Å²) in [4.78, 5) is 24.4. The molecule has 6 nitrogen and oxygen atoms in total. The van der Waals surface area contributed by atoms with Gasteiger partial charge in [0.15, 0.2) is 0 Å². The Morgan fingerprint density at radius 3 is 2.78 bits per heavy atom. The second kappa shape index (κ2) is 6.04. The van der Waals surface area contributed by atoms with Crippen LogP contribution in [-0.4, -0.2) is 53.3 Å². The Morgan fingerprint density at radius 2 is 2.17 bits per heavy atom.